The summed E-state index contributed by atoms with van der Waals surface area (Å²) in [6.07, 6.45) is 2.14. The first-order valence-corrected chi connectivity index (χ1v) is 5.71. The summed E-state index contributed by atoms with van der Waals surface area (Å²) in [6, 6.07) is 0.545. The Morgan fingerprint density at radius 2 is 2.07 bits per heavy atom. The van der Waals surface area contributed by atoms with Gasteiger partial charge in [-0.1, -0.05) is 13.8 Å². The molecular formula is C12H23NO. The largest absolute Gasteiger partial charge is 0.298 e. The third-order valence-corrected chi connectivity index (χ3v) is 4.22. The fourth-order valence-corrected chi connectivity index (χ4v) is 2.45. The average Bonchev–Trinajstić information content (AvgIpc) is 2.46. The summed E-state index contributed by atoms with van der Waals surface area (Å²) in [4.78, 5) is 14.1. The molecule has 1 fully saturated rings. The van der Waals surface area contributed by atoms with E-state index in [4.69, 9.17) is 0 Å². The Balaban J connectivity index is 2.86. The maximum Gasteiger partial charge on any atom is 0.149 e. The topological polar surface area (TPSA) is 20.3 Å². The summed E-state index contributed by atoms with van der Waals surface area (Å²) >= 11 is 0. The van der Waals surface area contributed by atoms with Gasteiger partial charge in [0.15, 0.2) is 0 Å². The van der Waals surface area contributed by atoms with Gasteiger partial charge in [-0.05, 0) is 46.1 Å². The molecule has 0 aromatic carbocycles. The SMILES string of the molecule is CCC(C)(C(C)=O)N1CCC(C)C1C. The van der Waals surface area contributed by atoms with E-state index in [2.05, 4.69) is 32.6 Å². The first-order valence-electron chi connectivity index (χ1n) is 5.71. The number of nitrogens with zero attached hydrogens (tertiary/aromatic N) is 1. The van der Waals surface area contributed by atoms with Crippen molar-refractivity contribution in [3.63, 3.8) is 0 Å². The zero-order valence-electron chi connectivity index (χ0n) is 10.1. The Morgan fingerprint density at radius 1 is 1.50 bits per heavy atom. The molecule has 0 aromatic heterocycles. The Hall–Kier alpha value is -0.370. The molecule has 2 nitrogen and oxygen atoms in total. The predicted octanol–water partition coefficient (Wildman–Crippen LogP) is 2.47. The lowest BCUT2D eigenvalue weighted by atomic mass is 9.90. The maximum atomic E-state index is 11.7. The number of ketones is 1. The third kappa shape index (κ3) is 1.72. The molecule has 2 heteroatoms. The Kier molecular flexibility index (Phi) is 3.36. The maximum absolute atomic E-state index is 11.7. The van der Waals surface area contributed by atoms with Gasteiger partial charge in [0.2, 0.25) is 0 Å². The Labute approximate surface area is 87.7 Å². The number of carbonyl (C=O) groups excluding carboxylic acids is 1. The van der Waals surface area contributed by atoms with Gasteiger partial charge < -0.3 is 0 Å². The zero-order chi connectivity index (χ0) is 10.9. The molecule has 0 N–H and O–H groups in total. The lowest BCUT2D eigenvalue weighted by Crippen LogP contribution is -2.53. The van der Waals surface area contributed by atoms with E-state index >= 15 is 0 Å². The zero-order valence-corrected chi connectivity index (χ0v) is 10.1. The second kappa shape index (κ2) is 4.01. The Morgan fingerprint density at radius 3 is 2.36 bits per heavy atom. The smallest absolute Gasteiger partial charge is 0.149 e. The molecule has 3 unspecified atom stereocenters. The van der Waals surface area contributed by atoms with E-state index in [-0.39, 0.29) is 5.54 Å². The number of Topliss-reactive ketones (excluding diaryl/α,β-unsaturated/α-hetero) is 1. The van der Waals surface area contributed by atoms with Crippen molar-refractivity contribution in [3.8, 4) is 0 Å². The minimum absolute atomic E-state index is 0.232. The van der Waals surface area contributed by atoms with Crippen molar-refractivity contribution in [2.24, 2.45) is 5.92 Å². The van der Waals surface area contributed by atoms with E-state index in [0.717, 1.165) is 18.9 Å². The standard InChI is InChI=1S/C12H23NO/c1-6-12(5,11(4)14)13-8-7-9(2)10(13)3/h9-10H,6-8H2,1-5H3. The molecule has 1 aliphatic rings. The monoisotopic (exact) mass is 197 g/mol. The van der Waals surface area contributed by atoms with Gasteiger partial charge in [-0.3, -0.25) is 9.69 Å². The van der Waals surface area contributed by atoms with Crippen molar-refractivity contribution in [1.29, 1.82) is 0 Å². The van der Waals surface area contributed by atoms with Crippen LogP contribution in [0, 0.1) is 5.92 Å². The van der Waals surface area contributed by atoms with Gasteiger partial charge in [-0.15, -0.1) is 0 Å². The quantitative estimate of drug-likeness (QED) is 0.692. The molecule has 14 heavy (non-hydrogen) atoms. The van der Waals surface area contributed by atoms with Gasteiger partial charge in [-0.25, -0.2) is 0 Å². The van der Waals surface area contributed by atoms with Crippen molar-refractivity contribution in [2.45, 2.75) is 59.0 Å². The molecule has 0 aromatic rings. The fraction of sp³-hybridized carbons (Fsp3) is 0.917. The van der Waals surface area contributed by atoms with E-state index in [1.807, 2.05) is 0 Å². The normalized spacial score (nSPS) is 32.9. The molecule has 1 aliphatic heterocycles. The van der Waals surface area contributed by atoms with Crippen LogP contribution >= 0.6 is 0 Å². The summed E-state index contributed by atoms with van der Waals surface area (Å²) in [5.74, 6) is 1.03. The van der Waals surface area contributed by atoms with E-state index in [1.165, 1.54) is 6.42 Å². The van der Waals surface area contributed by atoms with Crippen LogP contribution in [0.25, 0.3) is 0 Å². The summed E-state index contributed by atoms with van der Waals surface area (Å²) in [7, 11) is 0. The second-order valence-corrected chi connectivity index (χ2v) is 4.88. The van der Waals surface area contributed by atoms with E-state index in [9.17, 15) is 4.79 Å². The van der Waals surface area contributed by atoms with Gasteiger partial charge >= 0.3 is 0 Å². The highest BCUT2D eigenvalue weighted by molar-refractivity contribution is 5.85. The van der Waals surface area contributed by atoms with Gasteiger partial charge in [0.25, 0.3) is 0 Å². The summed E-state index contributed by atoms with van der Waals surface area (Å²) in [6.45, 7) is 11.5. The average molecular weight is 197 g/mol. The fourth-order valence-electron chi connectivity index (χ4n) is 2.45. The van der Waals surface area contributed by atoms with Crippen LogP contribution in [0.1, 0.15) is 47.5 Å². The minimum Gasteiger partial charge on any atom is -0.298 e. The predicted molar refractivity (Wildman–Crippen MR) is 59.3 cm³/mol. The molecule has 0 aliphatic carbocycles. The van der Waals surface area contributed by atoms with Gasteiger partial charge in [0.1, 0.15) is 5.78 Å². The van der Waals surface area contributed by atoms with Gasteiger partial charge in [0.05, 0.1) is 5.54 Å². The highest BCUT2D eigenvalue weighted by Gasteiger charge is 2.42. The van der Waals surface area contributed by atoms with E-state index in [1.54, 1.807) is 6.92 Å². The number of rotatable bonds is 3. The second-order valence-electron chi connectivity index (χ2n) is 4.88. The molecule has 1 rings (SSSR count). The summed E-state index contributed by atoms with van der Waals surface area (Å²) in [5.41, 5.74) is -0.232. The highest BCUT2D eigenvalue weighted by atomic mass is 16.1. The molecule has 0 saturated carbocycles. The van der Waals surface area contributed by atoms with Gasteiger partial charge in [0, 0.05) is 6.04 Å². The molecule has 82 valence electrons. The van der Waals surface area contributed by atoms with Gasteiger partial charge in [-0.2, -0.15) is 0 Å². The van der Waals surface area contributed by atoms with Crippen LogP contribution in [0.2, 0.25) is 0 Å². The summed E-state index contributed by atoms with van der Waals surface area (Å²) in [5, 5.41) is 0. The van der Waals surface area contributed by atoms with Crippen molar-refractivity contribution < 1.29 is 4.79 Å². The van der Waals surface area contributed by atoms with Crippen molar-refractivity contribution in [2.75, 3.05) is 6.54 Å². The number of hydrogen-bond acceptors (Lipinski definition) is 2. The molecule has 0 amide bonds. The van der Waals surface area contributed by atoms with Crippen LogP contribution in [0.5, 0.6) is 0 Å². The molecule has 1 heterocycles. The van der Waals surface area contributed by atoms with Crippen LogP contribution in [-0.4, -0.2) is 28.8 Å². The molecule has 1 saturated heterocycles. The van der Waals surface area contributed by atoms with Crippen LogP contribution in [0.4, 0.5) is 0 Å². The van der Waals surface area contributed by atoms with Crippen molar-refractivity contribution in [1.82, 2.24) is 4.90 Å². The lowest BCUT2D eigenvalue weighted by Gasteiger charge is -2.39. The Bertz CT molecular complexity index is 226. The third-order valence-electron chi connectivity index (χ3n) is 4.22. The first kappa shape index (κ1) is 11.7. The molecular weight excluding hydrogens is 174 g/mol. The van der Waals surface area contributed by atoms with Crippen LogP contribution in [0.15, 0.2) is 0 Å². The van der Waals surface area contributed by atoms with Crippen molar-refractivity contribution >= 4 is 5.78 Å². The lowest BCUT2D eigenvalue weighted by molar-refractivity contribution is -0.129. The number of likely N-dealkylation sites (tertiary alicyclic amines) is 1. The highest BCUT2D eigenvalue weighted by Crippen LogP contribution is 2.32. The molecule has 0 bridgehead atoms. The minimum atomic E-state index is -0.232. The summed E-state index contributed by atoms with van der Waals surface area (Å²) < 4.78 is 0. The number of hydrogen-bond donors (Lipinski definition) is 0. The van der Waals surface area contributed by atoms with E-state index in [0.29, 0.717) is 11.8 Å². The molecule has 3 atom stereocenters. The van der Waals surface area contributed by atoms with E-state index < -0.39 is 0 Å². The van der Waals surface area contributed by atoms with Crippen LogP contribution < -0.4 is 0 Å². The number of carbonyl (C=O) groups is 1. The van der Waals surface area contributed by atoms with Crippen molar-refractivity contribution in [3.05, 3.63) is 0 Å². The first-order chi connectivity index (χ1) is 6.43. The molecule has 0 spiro atoms. The molecule has 0 radical (unpaired) electrons. The van der Waals surface area contributed by atoms with Crippen LogP contribution in [-0.2, 0) is 4.79 Å². The van der Waals surface area contributed by atoms with Crippen LogP contribution in [0.3, 0.4) is 0 Å².